The number of nitriles is 1. The smallest absolute Gasteiger partial charge is 0.106 e. The second-order valence-corrected chi connectivity index (χ2v) is 3.89. The summed E-state index contributed by atoms with van der Waals surface area (Å²) in [5.74, 6) is 0.382. The van der Waals surface area contributed by atoms with Crippen LogP contribution in [-0.2, 0) is 0 Å². The molecule has 0 radical (unpaired) electrons. The fourth-order valence-electron chi connectivity index (χ4n) is 0.980. The number of nitrogens with zero attached hydrogens (tertiary/aromatic N) is 1. The quantitative estimate of drug-likeness (QED) is 0.667. The number of hydrogen-bond acceptors (Lipinski definition) is 2. The van der Waals surface area contributed by atoms with E-state index >= 15 is 0 Å². The highest BCUT2D eigenvalue weighted by atomic mass is 15.0. The van der Waals surface area contributed by atoms with Crippen LogP contribution in [0.15, 0.2) is 0 Å². The molecule has 0 aromatic carbocycles. The van der Waals surface area contributed by atoms with Crippen LogP contribution >= 0.6 is 0 Å². The van der Waals surface area contributed by atoms with Gasteiger partial charge in [0.2, 0.25) is 0 Å². The topological polar surface area (TPSA) is 35.8 Å². The Morgan fingerprint density at radius 3 is 2.36 bits per heavy atom. The largest absolute Gasteiger partial charge is 0.297 e. The van der Waals surface area contributed by atoms with Gasteiger partial charge < -0.3 is 0 Å². The minimum absolute atomic E-state index is 0.318. The van der Waals surface area contributed by atoms with E-state index in [2.05, 4.69) is 25.2 Å². The Morgan fingerprint density at radius 1 is 1.55 bits per heavy atom. The van der Waals surface area contributed by atoms with Crippen molar-refractivity contribution in [1.82, 2.24) is 5.32 Å². The number of hydrogen-bond donors (Lipinski definition) is 1. The van der Waals surface area contributed by atoms with E-state index in [-0.39, 0.29) is 5.54 Å². The molecule has 0 spiro atoms. The van der Waals surface area contributed by atoms with Gasteiger partial charge in [-0.1, -0.05) is 13.8 Å². The van der Waals surface area contributed by atoms with Crippen molar-refractivity contribution in [2.24, 2.45) is 5.92 Å². The van der Waals surface area contributed by atoms with Gasteiger partial charge in [0.05, 0.1) is 6.07 Å². The molecule has 62 valence electrons. The van der Waals surface area contributed by atoms with Gasteiger partial charge in [0.25, 0.3) is 0 Å². The van der Waals surface area contributed by atoms with Gasteiger partial charge in [0.15, 0.2) is 0 Å². The molecule has 1 aliphatic rings. The summed E-state index contributed by atoms with van der Waals surface area (Å²) in [7, 11) is 0. The monoisotopic (exact) mass is 152 g/mol. The maximum atomic E-state index is 8.92. The van der Waals surface area contributed by atoms with Crippen molar-refractivity contribution >= 4 is 0 Å². The average Bonchev–Trinajstić information content (AvgIpc) is 2.71. The van der Waals surface area contributed by atoms with Crippen LogP contribution in [0.1, 0.15) is 33.6 Å². The van der Waals surface area contributed by atoms with Crippen molar-refractivity contribution in [1.29, 1.82) is 5.26 Å². The van der Waals surface area contributed by atoms with Crippen LogP contribution in [0, 0.1) is 17.2 Å². The van der Waals surface area contributed by atoms with Crippen molar-refractivity contribution in [2.45, 2.75) is 45.2 Å². The summed E-state index contributed by atoms with van der Waals surface area (Å²) in [6.45, 7) is 6.15. The maximum Gasteiger partial charge on any atom is 0.106 e. The molecule has 0 heterocycles. The summed E-state index contributed by atoms with van der Waals surface area (Å²) in [6, 6.07) is 2.95. The highest BCUT2D eigenvalue weighted by Gasteiger charge is 2.34. The van der Waals surface area contributed by atoms with E-state index in [9.17, 15) is 0 Å². The molecule has 1 unspecified atom stereocenters. The second-order valence-electron chi connectivity index (χ2n) is 3.89. The van der Waals surface area contributed by atoms with E-state index in [0.29, 0.717) is 12.0 Å². The third kappa shape index (κ3) is 1.94. The zero-order valence-corrected chi connectivity index (χ0v) is 7.52. The summed E-state index contributed by atoms with van der Waals surface area (Å²) < 4.78 is 0. The third-order valence-electron chi connectivity index (χ3n) is 2.47. The van der Waals surface area contributed by atoms with Gasteiger partial charge in [-0.3, -0.25) is 5.32 Å². The highest BCUT2D eigenvalue weighted by Crippen LogP contribution is 2.25. The predicted octanol–water partition coefficient (Wildman–Crippen LogP) is 1.68. The minimum Gasteiger partial charge on any atom is -0.297 e. The van der Waals surface area contributed by atoms with Crippen LogP contribution in [0.4, 0.5) is 0 Å². The van der Waals surface area contributed by atoms with Gasteiger partial charge in [-0.05, 0) is 25.7 Å². The molecule has 0 aromatic heterocycles. The van der Waals surface area contributed by atoms with Crippen LogP contribution in [-0.4, -0.2) is 11.6 Å². The third-order valence-corrected chi connectivity index (χ3v) is 2.47. The number of rotatable bonds is 3. The first-order valence-corrected chi connectivity index (χ1v) is 4.27. The van der Waals surface area contributed by atoms with Crippen molar-refractivity contribution < 1.29 is 0 Å². The van der Waals surface area contributed by atoms with E-state index in [1.54, 1.807) is 0 Å². The number of nitrogens with one attached hydrogen (secondary N) is 1. The van der Waals surface area contributed by atoms with Crippen molar-refractivity contribution in [3.05, 3.63) is 0 Å². The molecule has 1 atom stereocenters. The normalized spacial score (nSPS) is 22.8. The summed E-state index contributed by atoms with van der Waals surface area (Å²) in [5.41, 5.74) is -0.318. The summed E-state index contributed by atoms with van der Waals surface area (Å²) in [6.07, 6.45) is 2.48. The van der Waals surface area contributed by atoms with E-state index in [0.717, 1.165) is 0 Å². The molecular formula is C9H16N2. The molecule has 11 heavy (non-hydrogen) atoms. The summed E-state index contributed by atoms with van der Waals surface area (Å²) in [4.78, 5) is 0. The molecular weight excluding hydrogens is 136 g/mol. The Morgan fingerprint density at radius 2 is 2.09 bits per heavy atom. The van der Waals surface area contributed by atoms with Crippen LogP contribution in [0.25, 0.3) is 0 Å². The van der Waals surface area contributed by atoms with E-state index < -0.39 is 0 Å². The Kier molecular flexibility index (Phi) is 2.20. The van der Waals surface area contributed by atoms with Crippen LogP contribution in [0.3, 0.4) is 0 Å². The van der Waals surface area contributed by atoms with E-state index in [4.69, 9.17) is 5.26 Å². The Balaban J connectivity index is 2.51. The standard InChI is InChI=1S/C9H16N2/c1-7(2)9(3,6-10)11-8-4-5-8/h7-8,11H,4-5H2,1-3H3. The first-order chi connectivity index (χ1) is 5.08. The lowest BCUT2D eigenvalue weighted by Crippen LogP contribution is -2.46. The molecule has 1 fully saturated rings. The van der Waals surface area contributed by atoms with Crippen molar-refractivity contribution in [3.63, 3.8) is 0 Å². The van der Waals surface area contributed by atoms with Crippen LogP contribution in [0.5, 0.6) is 0 Å². The van der Waals surface area contributed by atoms with Crippen molar-refractivity contribution in [2.75, 3.05) is 0 Å². The molecule has 0 saturated heterocycles. The molecule has 0 bridgehead atoms. The van der Waals surface area contributed by atoms with Gasteiger partial charge in [-0.2, -0.15) is 5.26 Å². The van der Waals surface area contributed by atoms with Crippen LogP contribution in [0.2, 0.25) is 0 Å². The van der Waals surface area contributed by atoms with Crippen LogP contribution < -0.4 is 5.32 Å². The Hall–Kier alpha value is -0.550. The first kappa shape index (κ1) is 8.55. The zero-order valence-electron chi connectivity index (χ0n) is 7.52. The van der Waals surface area contributed by atoms with Gasteiger partial charge >= 0.3 is 0 Å². The molecule has 0 aromatic rings. The average molecular weight is 152 g/mol. The first-order valence-electron chi connectivity index (χ1n) is 4.27. The molecule has 2 heteroatoms. The second kappa shape index (κ2) is 2.83. The highest BCUT2D eigenvalue weighted by molar-refractivity contribution is 5.08. The predicted molar refractivity (Wildman–Crippen MR) is 45.0 cm³/mol. The zero-order chi connectivity index (χ0) is 8.48. The van der Waals surface area contributed by atoms with E-state index in [1.165, 1.54) is 12.8 Å². The lowest BCUT2D eigenvalue weighted by atomic mass is 9.90. The fourth-order valence-corrected chi connectivity index (χ4v) is 0.980. The molecule has 1 saturated carbocycles. The fraction of sp³-hybridized carbons (Fsp3) is 0.889. The minimum atomic E-state index is -0.318. The molecule has 1 aliphatic carbocycles. The van der Waals surface area contributed by atoms with Gasteiger partial charge in [0, 0.05) is 6.04 Å². The lowest BCUT2D eigenvalue weighted by Gasteiger charge is -2.27. The molecule has 1 N–H and O–H groups in total. The summed E-state index contributed by atoms with van der Waals surface area (Å²) >= 11 is 0. The Labute approximate surface area is 68.6 Å². The van der Waals surface area contributed by atoms with Gasteiger partial charge in [-0.25, -0.2) is 0 Å². The summed E-state index contributed by atoms with van der Waals surface area (Å²) in [5, 5.41) is 12.3. The van der Waals surface area contributed by atoms with Gasteiger partial charge in [-0.15, -0.1) is 0 Å². The Bertz CT molecular complexity index is 176. The lowest BCUT2D eigenvalue weighted by molar-refractivity contribution is 0.335. The molecule has 0 amide bonds. The van der Waals surface area contributed by atoms with E-state index in [1.807, 2.05) is 6.92 Å². The van der Waals surface area contributed by atoms with Gasteiger partial charge in [0.1, 0.15) is 5.54 Å². The van der Waals surface area contributed by atoms with Crippen molar-refractivity contribution in [3.8, 4) is 6.07 Å². The molecule has 1 rings (SSSR count). The molecule has 0 aliphatic heterocycles. The SMILES string of the molecule is CC(C)C(C)(C#N)NC1CC1. The molecule has 2 nitrogen and oxygen atoms in total. The maximum absolute atomic E-state index is 8.92.